The average molecular weight is 198 g/mol. The average Bonchev–Trinajstić information content (AvgIpc) is 2.30. The van der Waals surface area contributed by atoms with Crippen molar-refractivity contribution in [2.75, 3.05) is 0 Å². The molecule has 1 aromatic carbocycles. The molecule has 1 aliphatic rings. The van der Waals surface area contributed by atoms with Crippen LogP contribution in [0.25, 0.3) is 0 Å². The van der Waals surface area contributed by atoms with Crippen LogP contribution in [0.4, 0.5) is 0 Å². The minimum Gasteiger partial charge on any atom is -0.103 e. The SMILES string of the molecule is C=CC1C(C)C=CCC1c1ccccc1. The van der Waals surface area contributed by atoms with E-state index in [2.05, 4.69) is 62.1 Å². The van der Waals surface area contributed by atoms with Crippen LogP contribution in [0, 0.1) is 11.8 Å². The zero-order valence-electron chi connectivity index (χ0n) is 9.27. The van der Waals surface area contributed by atoms with Crippen LogP contribution < -0.4 is 0 Å². The van der Waals surface area contributed by atoms with E-state index in [1.54, 1.807) is 0 Å². The van der Waals surface area contributed by atoms with Gasteiger partial charge >= 0.3 is 0 Å². The smallest absolute Gasteiger partial charge is 0.00590 e. The second-order valence-corrected chi connectivity index (χ2v) is 4.35. The maximum atomic E-state index is 3.98. The number of hydrogen-bond acceptors (Lipinski definition) is 0. The monoisotopic (exact) mass is 198 g/mol. The van der Waals surface area contributed by atoms with Crippen LogP contribution >= 0.6 is 0 Å². The summed E-state index contributed by atoms with van der Waals surface area (Å²) in [5.41, 5.74) is 1.44. The molecule has 0 amide bonds. The molecule has 0 saturated heterocycles. The van der Waals surface area contributed by atoms with Crippen molar-refractivity contribution < 1.29 is 0 Å². The predicted octanol–water partition coefficient (Wildman–Crippen LogP) is 4.17. The fourth-order valence-electron chi connectivity index (χ4n) is 2.53. The van der Waals surface area contributed by atoms with Crippen molar-refractivity contribution in [2.45, 2.75) is 19.3 Å². The topological polar surface area (TPSA) is 0 Å². The molecule has 3 unspecified atom stereocenters. The molecule has 0 aliphatic heterocycles. The molecule has 78 valence electrons. The van der Waals surface area contributed by atoms with Crippen molar-refractivity contribution in [1.29, 1.82) is 0 Å². The number of allylic oxidation sites excluding steroid dienone is 3. The van der Waals surface area contributed by atoms with Crippen molar-refractivity contribution in [2.24, 2.45) is 11.8 Å². The van der Waals surface area contributed by atoms with Gasteiger partial charge in [-0.1, -0.05) is 55.5 Å². The normalized spacial score (nSPS) is 30.1. The van der Waals surface area contributed by atoms with E-state index in [1.807, 2.05) is 0 Å². The summed E-state index contributed by atoms with van der Waals surface area (Å²) in [4.78, 5) is 0. The highest BCUT2D eigenvalue weighted by Crippen LogP contribution is 2.38. The first-order valence-corrected chi connectivity index (χ1v) is 5.67. The van der Waals surface area contributed by atoms with Gasteiger partial charge in [0.05, 0.1) is 0 Å². The Hall–Kier alpha value is -1.30. The molecule has 3 atom stereocenters. The van der Waals surface area contributed by atoms with Gasteiger partial charge in [-0.05, 0) is 29.7 Å². The summed E-state index contributed by atoms with van der Waals surface area (Å²) in [5, 5.41) is 0. The summed E-state index contributed by atoms with van der Waals surface area (Å²) in [5.74, 6) is 1.81. The summed E-state index contributed by atoms with van der Waals surface area (Å²) < 4.78 is 0. The Labute approximate surface area is 92.3 Å². The van der Waals surface area contributed by atoms with Gasteiger partial charge in [-0.2, -0.15) is 0 Å². The summed E-state index contributed by atoms with van der Waals surface area (Å²) in [6.45, 7) is 6.25. The van der Waals surface area contributed by atoms with Gasteiger partial charge in [-0.15, -0.1) is 6.58 Å². The molecule has 0 spiro atoms. The van der Waals surface area contributed by atoms with Gasteiger partial charge < -0.3 is 0 Å². The van der Waals surface area contributed by atoms with Crippen LogP contribution in [-0.4, -0.2) is 0 Å². The number of rotatable bonds is 2. The van der Waals surface area contributed by atoms with E-state index in [0.29, 0.717) is 17.8 Å². The van der Waals surface area contributed by atoms with Crippen LogP contribution in [-0.2, 0) is 0 Å². The lowest BCUT2D eigenvalue weighted by Crippen LogP contribution is -2.19. The molecule has 1 aliphatic carbocycles. The van der Waals surface area contributed by atoms with E-state index in [1.165, 1.54) is 5.56 Å². The van der Waals surface area contributed by atoms with Gasteiger partial charge in [0.1, 0.15) is 0 Å². The van der Waals surface area contributed by atoms with Crippen LogP contribution in [0.1, 0.15) is 24.8 Å². The standard InChI is InChI=1S/C15H18/c1-3-14-12(2)8-7-11-15(14)13-9-5-4-6-10-13/h3-10,12,14-15H,1,11H2,2H3. The Morgan fingerprint density at radius 1 is 1.27 bits per heavy atom. The lowest BCUT2D eigenvalue weighted by molar-refractivity contribution is 0.401. The third-order valence-corrected chi connectivity index (χ3v) is 3.40. The maximum absolute atomic E-state index is 3.98. The van der Waals surface area contributed by atoms with E-state index in [0.717, 1.165) is 6.42 Å². The van der Waals surface area contributed by atoms with E-state index < -0.39 is 0 Å². The first-order valence-electron chi connectivity index (χ1n) is 5.67. The molecule has 0 heteroatoms. The molecule has 0 heterocycles. The van der Waals surface area contributed by atoms with Gasteiger partial charge in [0.15, 0.2) is 0 Å². The first-order chi connectivity index (χ1) is 7.33. The zero-order valence-corrected chi connectivity index (χ0v) is 9.27. The second-order valence-electron chi connectivity index (χ2n) is 4.35. The van der Waals surface area contributed by atoms with Crippen LogP contribution in [0.15, 0.2) is 55.1 Å². The first kappa shape index (κ1) is 10.2. The number of benzene rings is 1. The second kappa shape index (κ2) is 4.48. The summed E-state index contributed by atoms with van der Waals surface area (Å²) in [6.07, 6.45) is 7.88. The Morgan fingerprint density at radius 2 is 2.00 bits per heavy atom. The third kappa shape index (κ3) is 2.04. The van der Waals surface area contributed by atoms with E-state index in [4.69, 9.17) is 0 Å². The Bertz CT molecular complexity index is 348. The molecule has 2 rings (SSSR count). The van der Waals surface area contributed by atoms with Crippen molar-refractivity contribution in [3.8, 4) is 0 Å². The molecule has 0 N–H and O–H groups in total. The Balaban J connectivity index is 2.29. The summed E-state index contributed by atoms with van der Waals surface area (Å²) in [6, 6.07) is 10.8. The minimum absolute atomic E-state index is 0.581. The Kier molecular flexibility index (Phi) is 3.05. The van der Waals surface area contributed by atoms with E-state index >= 15 is 0 Å². The molecule has 15 heavy (non-hydrogen) atoms. The molecule has 0 saturated carbocycles. The van der Waals surface area contributed by atoms with Gasteiger partial charge in [-0.3, -0.25) is 0 Å². The lowest BCUT2D eigenvalue weighted by Gasteiger charge is -2.31. The highest BCUT2D eigenvalue weighted by atomic mass is 14.3. The summed E-state index contributed by atoms with van der Waals surface area (Å²) in [7, 11) is 0. The molecule has 1 aromatic rings. The van der Waals surface area contributed by atoms with Crippen molar-refractivity contribution >= 4 is 0 Å². The molecular formula is C15H18. The third-order valence-electron chi connectivity index (χ3n) is 3.40. The van der Waals surface area contributed by atoms with Gasteiger partial charge in [0.2, 0.25) is 0 Å². The zero-order chi connectivity index (χ0) is 10.7. The maximum Gasteiger partial charge on any atom is -0.00590 e. The van der Waals surface area contributed by atoms with Crippen LogP contribution in [0.2, 0.25) is 0 Å². The molecule has 0 bridgehead atoms. The number of hydrogen-bond donors (Lipinski definition) is 0. The summed E-state index contributed by atoms with van der Waals surface area (Å²) >= 11 is 0. The van der Waals surface area contributed by atoms with Crippen molar-refractivity contribution in [3.05, 3.63) is 60.7 Å². The fourth-order valence-corrected chi connectivity index (χ4v) is 2.53. The predicted molar refractivity (Wildman–Crippen MR) is 65.8 cm³/mol. The van der Waals surface area contributed by atoms with Crippen LogP contribution in [0.3, 0.4) is 0 Å². The quantitative estimate of drug-likeness (QED) is 0.626. The highest BCUT2D eigenvalue weighted by molar-refractivity contribution is 5.25. The lowest BCUT2D eigenvalue weighted by atomic mass is 9.73. The Morgan fingerprint density at radius 3 is 2.67 bits per heavy atom. The fraction of sp³-hybridized carbons (Fsp3) is 0.333. The van der Waals surface area contributed by atoms with Gasteiger partial charge in [0.25, 0.3) is 0 Å². The molecule has 0 nitrogen and oxygen atoms in total. The molecule has 0 radical (unpaired) electrons. The van der Waals surface area contributed by atoms with Crippen LogP contribution in [0.5, 0.6) is 0 Å². The minimum atomic E-state index is 0.581. The van der Waals surface area contributed by atoms with Crippen molar-refractivity contribution in [3.63, 3.8) is 0 Å². The van der Waals surface area contributed by atoms with E-state index in [9.17, 15) is 0 Å². The van der Waals surface area contributed by atoms with Gasteiger partial charge in [-0.25, -0.2) is 0 Å². The highest BCUT2D eigenvalue weighted by Gasteiger charge is 2.26. The van der Waals surface area contributed by atoms with E-state index in [-0.39, 0.29) is 0 Å². The molecule has 0 fully saturated rings. The molecular weight excluding hydrogens is 180 g/mol. The van der Waals surface area contributed by atoms with Gasteiger partial charge in [0, 0.05) is 0 Å². The largest absolute Gasteiger partial charge is 0.103 e. The molecule has 0 aromatic heterocycles. The van der Waals surface area contributed by atoms with Crippen molar-refractivity contribution in [1.82, 2.24) is 0 Å².